The van der Waals surface area contributed by atoms with Gasteiger partial charge < -0.3 is 14.2 Å². The fourth-order valence-electron chi connectivity index (χ4n) is 7.54. The number of ether oxygens (including phenoxy) is 3. The van der Waals surface area contributed by atoms with Crippen LogP contribution in [0.4, 0.5) is 0 Å². The minimum Gasteiger partial charge on any atom is -0.462 e. The first-order valence-electron chi connectivity index (χ1n) is 26.5. The maximum atomic E-state index is 12.8. The zero-order chi connectivity index (χ0) is 44.4. The Kier molecular flexibility index (Phi) is 48.3. The average Bonchev–Trinajstić information content (AvgIpc) is 3.26. The molecule has 0 aromatic heterocycles. The Bertz CT molecular complexity index is 1030. The molecule has 0 aromatic carbocycles. The van der Waals surface area contributed by atoms with Crippen LogP contribution in [0.15, 0.2) is 36.5 Å². The van der Waals surface area contributed by atoms with Crippen molar-refractivity contribution in [3.63, 3.8) is 0 Å². The SMILES string of the molecule is CCCCCC/C=C\CCCCCCCCCC(=O)O[C@@H](COC(=O)CCCCCCC/C=C\CCCCCC)COC(=O)CCCCCCC/C=C\CCCCCCCC. The second-order valence-corrected chi connectivity index (χ2v) is 17.8. The molecule has 0 aliphatic heterocycles. The predicted octanol–water partition coefficient (Wildman–Crippen LogP) is 17.3. The molecule has 6 heteroatoms. The lowest BCUT2D eigenvalue weighted by Gasteiger charge is -2.18. The van der Waals surface area contributed by atoms with Crippen molar-refractivity contribution >= 4 is 17.9 Å². The van der Waals surface area contributed by atoms with Crippen LogP contribution in [-0.4, -0.2) is 37.2 Å². The highest BCUT2D eigenvalue weighted by Gasteiger charge is 2.19. The minimum atomic E-state index is -0.778. The van der Waals surface area contributed by atoms with E-state index in [2.05, 4.69) is 57.2 Å². The largest absolute Gasteiger partial charge is 0.462 e. The molecule has 0 unspecified atom stereocenters. The smallest absolute Gasteiger partial charge is 0.306 e. The topological polar surface area (TPSA) is 78.9 Å². The highest BCUT2D eigenvalue weighted by molar-refractivity contribution is 5.71. The lowest BCUT2D eigenvalue weighted by Crippen LogP contribution is -2.30. The summed E-state index contributed by atoms with van der Waals surface area (Å²) in [7, 11) is 0. The number of hydrogen-bond donors (Lipinski definition) is 0. The van der Waals surface area contributed by atoms with E-state index in [0.29, 0.717) is 19.3 Å². The minimum absolute atomic E-state index is 0.0792. The monoisotopic (exact) mass is 857 g/mol. The van der Waals surface area contributed by atoms with Gasteiger partial charge >= 0.3 is 17.9 Å². The fraction of sp³-hybridized carbons (Fsp3) is 0.836. The molecular weight excluding hydrogens is 757 g/mol. The molecule has 0 heterocycles. The van der Waals surface area contributed by atoms with Crippen LogP contribution in [0.1, 0.15) is 278 Å². The number of esters is 3. The van der Waals surface area contributed by atoms with Crippen LogP contribution in [0, 0.1) is 0 Å². The van der Waals surface area contributed by atoms with E-state index in [1.807, 2.05) is 0 Å². The number of carbonyl (C=O) groups is 3. The number of carbonyl (C=O) groups excluding carboxylic acids is 3. The second-order valence-electron chi connectivity index (χ2n) is 17.8. The lowest BCUT2D eigenvalue weighted by atomic mass is 10.1. The molecule has 0 rings (SSSR count). The van der Waals surface area contributed by atoms with Gasteiger partial charge in [-0.2, -0.15) is 0 Å². The number of hydrogen-bond acceptors (Lipinski definition) is 6. The Morgan fingerprint density at radius 2 is 0.541 bits per heavy atom. The van der Waals surface area contributed by atoms with Gasteiger partial charge in [0.05, 0.1) is 0 Å². The highest BCUT2D eigenvalue weighted by Crippen LogP contribution is 2.15. The van der Waals surface area contributed by atoms with E-state index in [1.54, 1.807) is 0 Å². The van der Waals surface area contributed by atoms with Gasteiger partial charge in [-0.15, -0.1) is 0 Å². The summed E-state index contributed by atoms with van der Waals surface area (Å²) >= 11 is 0. The molecule has 0 bridgehead atoms. The third kappa shape index (κ3) is 48.5. The summed E-state index contributed by atoms with van der Waals surface area (Å²) in [5.74, 6) is -0.891. The molecule has 0 amide bonds. The van der Waals surface area contributed by atoms with Crippen LogP contribution >= 0.6 is 0 Å². The van der Waals surface area contributed by atoms with Crippen LogP contribution in [0.3, 0.4) is 0 Å². The number of allylic oxidation sites excluding steroid dienone is 6. The van der Waals surface area contributed by atoms with Gasteiger partial charge in [-0.25, -0.2) is 0 Å². The quantitative estimate of drug-likeness (QED) is 0.0262. The maximum Gasteiger partial charge on any atom is 0.306 e. The normalized spacial score (nSPS) is 12.2. The van der Waals surface area contributed by atoms with Crippen LogP contribution in [0.5, 0.6) is 0 Å². The molecule has 0 aromatic rings. The number of unbranched alkanes of at least 4 members (excludes halogenated alkanes) is 31. The summed E-state index contributed by atoms with van der Waals surface area (Å²) in [5.41, 5.74) is 0. The molecular formula is C55H100O6. The summed E-state index contributed by atoms with van der Waals surface area (Å²) in [6.45, 7) is 6.61. The molecule has 0 aliphatic rings. The van der Waals surface area contributed by atoms with E-state index in [-0.39, 0.29) is 31.1 Å². The molecule has 0 radical (unpaired) electrons. The molecule has 0 fully saturated rings. The molecule has 6 nitrogen and oxygen atoms in total. The zero-order valence-corrected chi connectivity index (χ0v) is 40.7. The summed E-state index contributed by atoms with van der Waals surface area (Å²) in [5, 5.41) is 0. The molecule has 0 spiro atoms. The van der Waals surface area contributed by atoms with Crippen molar-refractivity contribution in [1.29, 1.82) is 0 Å². The van der Waals surface area contributed by atoms with E-state index >= 15 is 0 Å². The van der Waals surface area contributed by atoms with Crippen LogP contribution in [-0.2, 0) is 28.6 Å². The van der Waals surface area contributed by atoms with Crippen LogP contribution in [0.2, 0.25) is 0 Å². The lowest BCUT2D eigenvalue weighted by molar-refractivity contribution is -0.167. The van der Waals surface area contributed by atoms with Crippen molar-refractivity contribution in [2.45, 2.75) is 284 Å². The Labute approximate surface area is 378 Å². The number of rotatable bonds is 48. The summed E-state index contributed by atoms with van der Waals surface area (Å²) in [4.78, 5) is 38.0. The highest BCUT2D eigenvalue weighted by atomic mass is 16.6. The average molecular weight is 857 g/mol. The van der Waals surface area contributed by atoms with Gasteiger partial charge in [-0.1, -0.05) is 198 Å². The third-order valence-corrected chi connectivity index (χ3v) is 11.6. The summed E-state index contributed by atoms with van der Waals surface area (Å²) in [6.07, 6.45) is 58.3. The van der Waals surface area contributed by atoms with Gasteiger partial charge in [-0.3, -0.25) is 14.4 Å². The molecule has 61 heavy (non-hydrogen) atoms. The van der Waals surface area contributed by atoms with Crippen molar-refractivity contribution in [3.8, 4) is 0 Å². The Balaban J connectivity index is 4.38. The first kappa shape index (κ1) is 58.6. The van der Waals surface area contributed by atoms with E-state index in [4.69, 9.17) is 14.2 Å². The van der Waals surface area contributed by atoms with E-state index in [0.717, 1.165) is 70.6 Å². The molecule has 0 saturated carbocycles. The van der Waals surface area contributed by atoms with Gasteiger partial charge in [0.2, 0.25) is 0 Å². The van der Waals surface area contributed by atoms with Gasteiger partial charge in [0, 0.05) is 19.3 Å². The molecule has 0 aliphatic carbocycles. The van der Waals surface area contributed by atoms with Gasteiger partial charge in [0.25, 0.3) is 0 Å². The van der Waals surface area contributed by atoms with Crippen molar-refractivity contribution in [1.82, 2.24) is 0 Å². The van der Waals surface area contributed by atoms with Gasteiger partial charge in [0.1, 0.15) is 13.2 Å². The standard InChI is InChI=1S/C55H100O6/c1-4-7-10-13-16-19-22-25-27-30-33-36-39-42-45-48-54(57)60-51-52(50-59-53(56)47-44-41-38-35-32-29-24-21-18-15-12-9-6-3)61-55(58)49-46-43-40-37-34-31-28-26-23-20-17-14-11-8-5-2/h20-21,23-25,27,52H,4-19,22,26,28-51H2,1-3H3/b23-20-,24-21-,27-25-/t52-/m0/s1. The Morgan fingerprint density at radius 1 is 0.311 bits per heavy atom. The second kappa shape index (κ2) is 50.3. The van der Waals surface area contributed by atoms with Gasteiger partial charge in [0.15, 0.2) is 6.10 Å². The third-order valence-electron chi connectivity index (χ3n) is 11.6. The van der Waals surface area contributed by atoms with Gasteiger partial charge in [-0.05, 0) is 96.3 Å². The van der Waals surface area contributed by atoms with E-state index in [1.165, 1.54) is 167 Å². The first-order chi connectivity index (χ1) is 30.0. The molecule has 0 saturated heterocycles. The summed E-state index contributed by atoms with van der Waals surface area (Å²) < 4.78 is 16.8. The van der Waals surface area contributed by atoms with Crippen molar-refractivity contribution in [2.75, 3.05) is 13.2 Å². The predicted molar refractivity (Wildman–Crippen MR) is 261 cm³/mol. The van der Waals surface area contributed by atoms with E-state index < -0.39 is 6.10 Å². The first-order valence-corrected chi connectivity index (χ1v) is 26.5. The maximum absolute atomic E-state index is 12.8. The molecule has 1 atom stereocenters. The van der Waals surface area contributed by atoms with Crippen LogP contribution < -0.4 is 0 Å². The van der Waals surface area contributed by atoms with E-state index in [9.17, 15) is 14.4 Å². The summed E-state index contributed by atoms with van der Waals surface area (Å²) in [6, 6.07) is 0. The fourth-order valence-corrected chi connectivity index (χ4v) is 7.54. The molecule has 356 valence electrons. The Morgan fingerprint density at radius 3 is 0.836 bits per heavy atom. The zero-order valence-electron chi connectivity index (χ0n) is 40.7. The molecule has 0 N–H and O–H groups in total. The van der Waals surface area contributed by atoms with Crippen molar-refractivity contribution in [3.05, 3.63) is 36.5 Å². The van der Waals surface area contributed by atoms with Crippen molar-refractivity contribution < 1.29 is 28.6 Å². The van der Waals surface area contributed by atoms with Crippen LogP contribution in [0.25, 0.3) is 0 Å². The Hall–Kier alpha value is -2.37. The van der Waals surface area contributed by atoms with Crippen molar-refractivity contribution in [2.24, 2.45) is 0 Å².